The van der Waals surface area contributed by atoms with Crippen LogP contribution in [0.3, 0.4) is 0 Å². The Hall–Kier alpha value is -0.170. The quantitative estimate of drug-likeness (QED) is 0.339. The Bertz CT molecular complexity index is 242. The molecule has 0 radical (unpaired) electrons. The second kappa shape index (κ2) is 8.92. The average molecular weight is 255 g/mol. The molecular formula is C10H25NO4S. The fraction of sp³-hybridized carbons (Fsp3) is 1.00. The fourth-order valence-corrected chi connectivity index (χ4v) is 1.12. The summed E-state index contributed by atoms with van der Waals surface area (Å²) in [5, 5.41) is 0. The van der Waals surface area contributed by atoms with Crippen LogP contribution in [-0.2, 0) is 10.4 Å². The smallest absolute Gasteiger partial charge is 0.215 e. The molecule has 0 fully saturated rings. The lowest BCUT2D eigenvalue weighted by molar-refractivity contribution is -0.888. The standard InChI is InChI=1S/C10H24N.H2O4S/c1-5-7-8-9-10-11(3,4)6-2;1-5(2,3)4/h5-10H2,1-4H3;(H2,1,2,3,4)/q+1;/p-1. The van der Waals surface area contributed by atoms with Crippen LogP contribution in [0.5, 0.6) is 0 Å². The van der Waals surface area contributed by atoms with Gasteiger partial charge >= 0.3 is 0 Å². The van der Waals surface area contributed by atoms with Gasteiger partial charge in [-0.15, -0.1) is 0 Å². The molecule has 0 aromatic rings. The van der Waals surface area contributed by atoms with Crippen molar-refractivity contribution in [3.05, 3.63) is 0 Å². The van der Waals surface area contributed by atoms with Crippen LogP contribution in [-0.4, -0.2) is 49.2 Å². The zero-order valence-corrected chi connectivity index (χ0v) is 11.6. The second-order valence-electron chi connectivity index (χ2n) is 4.46. The predicted octanol–water partition coefficient (Wildman–Crippen LogP) is 1.67. The van der Waals surface area contributed by atoms with Crippen molar-refractivity contribution in [3.8, 4) is 0 Å². The maximum atomic E-state index is 8.63. The van der Waals surface area contributed by atoms with E-state index in [4.69, 9.17) is 17.5 Å². The van der Waals surface area contributed by atoms with Gasteiger partial charge in [-0.1, -0.05) is 19.8 Å². The van der Waals surface area contributed by atoms with Crippen LogP contribution in [0.15, 0.2) is 0 Å². The number of hydrogen-bond donors (Lipinski definition) is 1. The highest BCUT2D eigenvalue weighted by Gasteiger charge is 2.09. The third-order valence-corrected chi connectivity index (χ3v) is 2.47. The maximum absolute atomic E-state index is 8.63. The molecule has 0 bridgehead atoms. The van der Waals surface area contributed by atoms with Crippen molar-refractivity contribution in [3.63, 3.8) is 0 Å². The average Bonchev–Trinajstić information content (AvgIpc) is 2.10. The summed E-state index contributed by atoms with van der Waals surface area (Å²) in [6, 6.07) is 0. The van der Waals surface area contributed by atoms with E-state index in [1.165, 1.54) is 43.3 Å². The monoisotopic (exact) mass is 255 g/mol. The van der Waals surface area contributed by atoms with E-state index < -0.39 is 10.4 Å². The number of nitrogens with zero attached hydrogens (tertiary/aromatic N) is 1. The summed E-state index contributed by atoms with van der Waals surface area (Å²) in [6.07, 6.45) is 5.57. The maximum Gasteiger partial charge on any atom is 0.215 e. The Morgan fingerprint density at radius 1 is 1.12 bits per heavy atom. The van der Waals surface area contributed by atoms with Crippen molar-refractivity contribution >= 4 is 10.4 Å². The van der Waals surface area contributed by atoms with E-state index in [1.807, 2.05) is 0 Å². The molecule has 16 heavy (non-hydrogen) atoms. The van der Waals surface area contributed by atoms with Gasteiger partial charge in [0.2, 0.25) is 10.4 Å². The Labute approximate surface area is 99.6 Å². The summed E-state index contributed by atoms with van der Waals surface area (Å²) in [6.45, 7) is 7.13. The first-order valence-corrected chi connectivity index (χ1v) is 6.99. The lowest BCUT2D eigenvalue weighted by Gasteiger charge is -2.28. The number of quaternary nitrogens is 1. The van der Waals surface area contributed by atoms with Crippen LogP contribution in [0.2, 0.25) is 0 Å². The molecule has 0 amide bonds. The van der Waals surface area contributed by atoms with Crippen molar-refractivity contribution < 1.29 is 22.0 Å². The predicted molar refractivity (Wildman–Crippen MR) is 64.0 cm³/mol. The largest absolute Gasteiger partial charge is 0.726 e. The summed E-state index contributed by atoms with van der Waals surface area (Å²) in [4.78, 5) is 0. The molecule has 0 saturated heterocycles. The minimum Gasteiger partial charge on any atom is -0.726 e. The topological polar surface area (TPSA) is 77.4 Å². The normalized spacial score (nSPS) is 11.9. The van der Waals surface area contributed by atoms with Crippen LogP contribution in [0.25, 0.3) is 0 Å². The SMILES string of the molecule is CCCCCC[N+](C)(C)CC.O=S(=O)([O-])O. The number of unbranched alkanes of at least 4 members (excludes halogenated alkanes) is 3. The van der Waals surface area contributed by atoms with E-state index >= 15 is 0 Å². The molecule has 0 saturated carbocycles. The van der Waals surface area contributed by atoms with Gasteiger partial charge in [-0.2, -0.15) is 0 Å². The van der Waals surface area contributed by atoms with Gasteiger partial charge in [0.1, 0.15) is 0 Å². The summed E-state index contributed by atoms with van der Waals surface area (Å²) >= 11 is 0. The second-order valence-corrected chi connectivity index (χ2v) is 5.32. The van der Waals surface area contributed by atoms with Crippen LogP contribution in [0.4, 0.5) is 0 Å². The molecule has 100 valence electrons. The van der Waals surface area contributed by atoms with Gasteiger partial charge in [0.05, 0.1) is 27.2 Å². The summed E-state index contributed by atoms with van der Waals surface area (Å²) in [7, 11) is -0.294. The highest BCUT2D eigenvalue weighted by Crippen LogP contribution is 2.04. The number of rotatable bonds is 6. The molecule has 0 aliphatic carbocycles. The van der Waals surface area contributed by atoms with Crippen molar-refractivity contribution in [2.75, 3.05) is 27.2 Å². The molecule has 5 nitrogen and oxygen atoms in total. The molecular weight excluding hydrogens is 230 g/mol. The zero-order chi connectivity index (χ0) is 13.2. The van der Waals surface area contributed by atoms with Gasteiger partial charge in [-0.05, 0) is 19.8 Å². The van der Waals surface area contributed by atoms with Gasteiger partial charge in [-0.3, -0.25) is 4.55 Å². The first-order valence-electron chi connectivity index (χ1n) is 5.62. The van der Waals surface area contributed by atoms with E-state index in [0.717, 1.165) is 0 Å². The first-order chi connectivity index (χ1) is 7.12. The molecule has 0 unspecified atom stereocenters. The van der Waals surface area contributed by atoms with Gasteiger partial charge < -0.3 is 9.04 Å². The number of hydrogen-bond acceptors (Lipinski definition) is 3. The van der Waals surface area contributed by atoms with Gasteiger partial charge in [0.25, 0.3) is 0 Å². The van der Waals surface area contributed by atoms with Crippen molar-refractivity contribution in [1.29, 1.82) is 0 Å². The van der Waals surface area contributed by atoms with Crippen LogP contribution >= 0.6 is 0 Å². The molecule has 0 atom stereocenters. The lowest BCUT2D eigenvalue weighted by Crippen LogP contribution is -2.39. The van der Waals surface area contributed by atoms with Gasteiger partial charge in [0.15, 0.2) is 0 Å². The third-order valence-electron chi connectivity index (χ3n) is 2.47. The molecule has 0 aliphatic heterocycles. The summed E-state index contributed by atoms with van der Waals surface area (Å²) in [5.41, 5.74) is 0. The Balaban J connectivity index is 0. The summed E-state index contributed by atoms with van der Waals surface area (Å²) < 4.78 is 34.0. The highest BCUT2D eigenvalue weighted by molar-refractivity contribution is 7.79. The van der Waals surface area contributed by atoms with Crippen molar-refractivity contribution in [2.45, 2.75) is 39.5 Å². The molecule has 0 heterocycles. The molecule has 0 aromatic carbocycles. The fourth-order valence-electron chi connectivity index (χ4n) is 1.12. The van der Waals surface area contributed by atoms with E-state index in [1.54, 1.807) is 0 Å². The van der Waals surface area contributed by atoms with E-state index in [9.17, 15) is 0 Å². The van der Waals surface area contributed by atoms with Gasteiger partial charge in [0, 0.05) is 0 Å². The minimum atomic E-state index is -4.92. The Morgan fingerprint density at radius 2 is 1.56 bits per heavy atom. The molecule has 0 aromatic heterocycles. The van der Waals surface area contributed by atoms with Crippen LogP contribution in [0, 0.1) is 0 Å². The van der Waals surface area contributed by atoms with Crippen molar-refractivity contribution in [2.24, 2.45) is 0 Å². The highest BCUT2D eigenvalue weighted by atomic mass is 32.3. The Kier molecular flexibility index (Phi) is 10.2. The summed E-state index contributed by atoms with van der Waals surface area (Å²) in [5.74, 6) is 0. The zero-order valence-electron chi connectivity index (χ0n) is 10.8. The van der Waals surface area contributed by atoms with E-state index in [2.05, 4.69) is 27.9 Å². The first kappa shape index (κ1) is 18.2. The molecule has 0 spiro atoms. The van der Waals surface area contributed by atoms with Crippen LogP contribution < -0.4 is 0 Å². The molecule has 1 N–H and O–H groups in total. The van der Waals surface area contributed by atoms with Gasteiger partial charge in [-0.25, -0.2) is 8.42 Å². The molecule has 6 heteroatoms. The van der Waals surface area contributed by atoms with E-state index in [0.29, 0.717) is 0 Å². The van der Waals surface area contributed by atoms with Crippen LogP contribution in [0.1, 0.15) is 39.5 Å². The minimum absolute atomic E-state index is 1.18. The Morgan fingerprint density at radius 3 is 1.88 bits per heavy atom. The van der Waals surface area contributed by atoms with Crippen molar-refractivity contribution in [1.82, 2.24) is 0 Å². The molecule has 0 aliphatic rings. The molecule has 0 rings (SSSR count). The third kappa shape index (κ3) is 23.6. The van der Waals surface area contributed by atoms with E-state index in [-0.39, 0.29) is 0 Å². The lowest BCUT2D eigenvalue weighted by atomic mass is 10.2.